The van der Waals surface area contributed by atoms with Gasteiger partial charge in [0.1, 0.15) is 0 Å². The summed E-state index contributed by atoms with van der Waals surface area (Å²) in [6.45, 7) is 7.41. The van der Waals surface area contributed by atoms with E-state index in [4.69, 9.17) is 4.74 Å². The molecule has 3 nitrogen and oxygen atoms in total. The summed E-state index contributed by atoms with van der Waals surface area (Å²) in [5.41, 5.74) is 0.193. The van der Waals surface area contributed by atoms with Crippen LogP contribution in [0.3, 0.4) is 0 Å². The molecule has 14 heavy (non-hydrogen) atoms. The van der Waals surface area contributed by atoms with Gasteiger partial charge in [0.25, 0.3) is 0 Å². The number of ether oxygens (including phenoxy) is 1. The van der Waals surface area contributed by atoms with Crippen molar-refractivity contribution in [1.82, 2.24) is 10.6 Å². The van der Waals surface area contributed by atoms with E-state index in [1.165, 1.54) is 19.3 Å². The molecular weight excluding hydrogens is 176 g/mol. The number of rotatable bonds is 6. The Hall–Kier alpha value is -0.120. The van der Waals surface area contributed by atoms with Crippen molar-refractivity contribution in [3.63, 3.8) is 0 Å². The molecule has 0 aromatic carbocycles. The van der Waals surface area contributed by atoms with Crippen molar-refractivity contribution in [1.29, 1.82) is 0 Å². The molecule has 1 rings (SSSR count). The van der Waals surface area contributed by atoms with Gasteiger partial charge in [0.2, 0.25) is 0 Å². The maximum atomic E-state index is 5.29. The van der Waals surface area contributed by atoms with E-state index in [1.807, 2.05) is 0 Å². The Bertz CT molecular complexity index is 155. The van der Waals surface area contributed by atoms with Gasteiger partial charge in [-0.1, -0.05) is 6.92 Å². The first-order valence-corrected chi connectivity index (χ1v) is 5.70. The Labute approximate surface area is 87.6 Å². The summed E-state index contributed by atoms with van der Waals surface area (Å²) in [6.07, 6.45) is 3.68. The minimum Gasteiger partial charge on any atom is -0.383 e. The molecule has 1 aliphatic rings. The third-order valence-corrected chi connectivity index (χ3v) is 3.15. The molecule has 0 spiro atoms. The van der Waals surface area contributed by atoms with Crippen molar-refractivity contribution < 1.29 is 4.74 Å². The maximum Gasteiger partial charge on any atom is 0.0656 e. The third kappa shape index (κ3) is 3.23. The topological polar surface area (TPSA) is 33.3 Å². The SMILES string of the molecule is CCC(C)NCC1(COC)CCCN1. The maximum absolute atomic E-state index is 5.29. The van der Waals surface area contributed by atoms with Crippen LogP contribution in [-0.2, 0) is 4.74 Å². The zero-order valence-electron chi connectivity index (χ0n) is 9.73. The standard InChI is InChI=1S/C11H24N2O/c1-4-10(2)12-8-11(9-14-3)6-5-7-13-11/h10,12-13H,4-9H2,1-3H3. The highest BCUT2D eigenvalue weighted by Crippen LogP contribution is 2.18. The summed E-state index contributed by atoms with van der Waals surface area (Å²) in [5, 5.41) is 7.12. The van der Waals surface area contributed by atoms with Gasteiger partial charge in [-0.25, -0.2) is 0 Å². The fraction of sp³-hybridized carbons (Fsp3) is 1.00. The van der Waals surface area contributed by atoms with Crippen LogP contribution < -0.4 is 10.6 Å². The van der Waals surface area contributed by atoms with Crippen LogP contribution in [0.5, 0.6) is 0 Å². The quantitative estimate of drug-likeness (QED) is 0.674. The molecule has 3 heteroatoms. The van der Waals surface area contributed by atoms with Gasteiger partial charge in [0, 0.05) is 19.7 Å². The van der Waals surface area contributed by atoms with Crippen LogP contribution >= 0.6 is 0 Å². The number of hydrogen-bond donors (Lipinski definition) is 2. The highest BCUT2D eigenvalue weighted by Gasteiger charge is 2.33. The largest absolute Gasteiger partial charge is 0.383 e. The van der Waals surface area contributed by atoms with Crippen LogP contribution in [0.25, 0.3) is 0 Å². The number of hydrogen-bond acceptors (Lipinski definition) is 3. The van der Waals surface area contributed by atoms with Crippen LogP contribution in [0.15, 0.2) is 0 Å². The van der Waals surface area contributed by atoms with Crippen LogP contribution in [0.4, 0.5) is 0 Å². The summed E-state index contributed by atoms with van der Waals surface area (Å²) in [5.74, 6) is 0. The molecule has 1 aliphatic heterocycles. The van der Waals surface area contributed by atoms with E-state index in [0.717, 1.165) is 19.7 Å². The Balaban J connectivity index is 2.35. The highest BCUT2D eigenvalue weighted by molar-refractivity contribution is 4.95. The van der Waals surface area contributed by atoms with Crippen molar-refractivity contribution >= 4 is 0 Å². The van der Waals surface area contributed by atoms with E-state index < -0.39 is 0 Å². The average Bonchev–Trinajstić information content (AvgIpc) is 2.64. The van der Waals surface area contributed by atoms with E-state index in [0.29, 0.717) is 6.04 Å². The second-order valence-corrected chi connectivity index (χ2v) is 4.43. The van der Waals surface area contributed by atoms with E-state index in [-0.39, 0.29) is 5.54 Å². The molecule has 0 aliphatic carbocycles. The minimum atomic E-state index is 0.193. The van der Waals surface area contributed by atoms with Gasteiger partial charge in [-0.15, -0.1) is 0 Å². The monoisotopic (exact) mass is 200 g/mol. The molecule has 0 saturated carbocycles. The second kappa shape index (κ2) is 5.69. The van der Waals surface area contributed by atoms with Gasteiger partial charge in [-0.3, -0.25) is 0 Å². The molecule has 1 saturated heterocycles. The zero-order chi connectivity index (χ0) is 10.4. The molecule has 2 unspecified atom stereocenters. The normalized spacial score (nSPS) is 29.4. The molecule has 0 aromatic heterocycles. The lowest BCUT2D eigenvalue weighted by molar-refractivity contribution is 0.117. The summed E-state index contributed by atoms with van der Waals surface area (Å²) in [6, 6.07) is 0.603. The van der Waals surface area contributed by atoms with Gasteiger partial charge in [0.15, 0.2) is 0 Å². The smallest absolute Gasteiger partial charge is 0.0656 e. The summed E-state index contributed by atoms with van der Waals surface area (Å²) in [4.78, 5) is 0. The lowest BCUT2D eigenvalue weighted by atomic mass is 9.98. The summed E-state index contributed by atoms with van der Waals surface area (Å²) >= 11 is 0. The first kappa shape index (κ1) is 12.0. The van der Waals surface area contributed by atoms with E-state index in [1.54, 1.807) is 7.11 Å². The Morgan fingerprint density at radius 3 is 2.86 bits per heavy atom. The zero-order valence-corrected chi connectivity index (χ0v) is 9.73. The van der Waals surface area contributed by atoms with Crippen LogP contribution in [0, 0.1) is 0 Å². The van der Waals surface area contributed by atoms with Gasteiger partial charge >= 0.3 is 0 Å². The molecule has 2 atom stereocenters. The fourth-order valence-electron chi connectivity index (χ4n) is 1.98. The Morgan fingerprint density at radius 2 is 2.36 bits per heavy atom. The van der Waals surface area contributed by atoms with Crippen molar-refractivity contribution in [3.8, 4) is 0 Å². The number of nitrogens with one attached hydrogen (secondary N) is 2. The van der Waals surface area contributed by atoms with Gasteiger partial charge < -0.3 is 15.4 Å². The molecule has 84 valence electrons. The summed E-state index contributed by atoms with van der Waals surface area (Å²) in [7, 11) is 1.78. The van der Waals surface area contributed by atoms with Crippen LogP contribution in [0.2, 0.25) is 0 Å². The molecule has 0 amide bonds. The molecule has 1 fully saturated rings. The summed E-state index contributed by atoms with van der Waals surface area (Å²) < 4.78 is 5.29. The predicted octanol–water partition coefficient (Wildman–Crippen LogP) is 1.14. The van der Waals surface area contributed by atoms with Crippen LogP contribution in [-0.4, -0.2) is 38.4 Å². The first-order valence-electron chi connectivity index (χ1n) is 5.70. The van der Waals surface area contributed by atoms with Gasteiger partial charge in [-0.2, -0.15) is 0 Å². The van der Waals surface area contributed by atoms with E-state index >= 15 is 0 Å². The molecule has 0 aromatic rings. The Morgan fingerprint density at radius 1 is 1.57 bits per heavy atom. The Kier molecular flexibility index (Phi) is 4.85. The third-order valence-electron chi connectivity index (χ3n) is 3.15. The molecule has 1 heterocycles. The van der Waals surface area contributed by atoms with Crippen LogP contribution in [0.1, 0.15) is 33.1 Å². The predicted molar refractivity (Wildman–Crippen MR) is 59.6 cm³/mol. The molecule has 0 radical (unpaired) electrons. The first-order chi connectivity index (χ1) is 6.72. The van der Waals surface area contributed by atoms with Crippen molar-refractivity contribution in [2.75, 3.05) is 26.8 Å². The lowest BCUT2D eigenvalue weighted by Gasteiger charge is -2.30. The van der Waals surface area contributed by atoms with Crippen molar-refractivity contribution in [3.05, 3.63) is 0 Å². The average molecular weight is 200 g/mol. The number of methoxy groups -OCH3 is 1. The molecular formula is C11H24N2O. The molecule has 2 N–H and O–H groups in total. The van der Waals surface area contributed by atoms with Crippen molar-refractivity contribution in [2.45, 2.75) is 44.7 Å². The van der Waals surface area contributed by atoms with Gasteiger partial charge in [-0.05, 0) is 32.7 Å². The van der Waals surface area contributed by atoms with E-state index in [9.17, 15) is 0 Å². The lowest BCUT2D eigenvalue weighted by Crippen LogP contribution is -2.53. The highest BCUT2D eigenvalue weighted by atomic mass is 16.5. The minimum absolute atomic E-state index is 0.193. The molecule has 0 bridgehead atoms. The second-order valence-electron chi connectivity index (χ2n) is 4.43. The fourth-order valence-corrected chi connectivity index (χ4v) is 1.98. The van der Waals surface area contributed by atoms with E-state index in [2.05, 4.69) is 24.5 Å². The van der Waals surface area contributed by atoms with Gasteiger partial charge in [0.05, 0.1) is 12.1 Å². The van der Waals surface area contributed by atoms with Crippen molar-refractivity contribution in [2.24, 2.45) is 0 Å².